The van der Waals surface area contributed by atoms with Gasteiger partial charge < -0.3 is 14.8 Å². The first-order valence-corrected chi connectivity index (χ1v) is 6.87. The number of carbonyl (C=O) groups is 1. The Morgan fingerprint density at radius 2 is 1.90 bits per heavy atom. The predicted molar refractivity (Wildman–Crippen MR) is 80.8 cm³/mol. The van der Waals surface area contributed by atoms with E-state index in [0.29, 0.717) is 11.5 Å². The largest absolute Gasteiger partial charge is 0.454 e. The van der Waals surface area contributed by atoms with Crippen molar-refractivity contribution in [1.82, 2.24) is 0 Å². The van der Waals surface area contributed by atoms with Crippen molar-refractivity contribution in [3.05, 3.63) is 53.1 Å². The average molecular weight is 283 g/mol. The van der Waals surface area contributed by atoms with Gasteiger partial charge in [0.05, 0.1) is 6.42 Å². The van der Waals surface area contributed by atoms with E-state index < -0.39 is 0 Å². The van der Waals surface area contributed by atoms with Crippen LogP contribution in [0.2, 0.25) is 0 Å². The Bertz CT molecular complexity index is 674. The minimum absolute atomic E-state index is 0.0658. The van der Waals surface area contributed by atoms with Crippen LogP contribution in [-0.4, -0.2) is 12.7 Å². The maximum atomic E-state index is 12.2. The molecule has 1 amide bonds. The molecule has 0 spiro atoms. The number of benzene rings is 2. The minimum Gasteiger partial charge on any atom is -0.454 e. The second-order valence-electron chi connectivity index (χ2n) is 5.25. The number of amides is 1. The van der Waals surface area contributed by atoms with E-state index in [2.05, 4.69) is 11.4 Å². The van der Waals surface area contributed by atoms with Gasteiger partial charge in [0, 0.05) is 11.3 Å². The lowest BCUT2D eigenvalue weighted by molar-refractivity contribution is -0.115. The maximum Gasteiger partial charge on any atom is 0.231 e. The van der Waals surface area contributed by atoms with Gasteiger partial charge in [0.25, 0.3) is 0 Å². The molecule has 4 nitrogen and oxygen atoms in total. The first kappa shape index (κ1) is 13.5. The Morgan fingerprint density at radius 1 is 1.14 bits per heavy atom. The van der Waals surface area contributed by atoms with E-state index in [-0.39, 0.29) is 19.1 Å². The summed E-state index contributed by atoms with van der Waals surface area (Å²) < 4.78 is 10.7. The molecule has 0 bridgehead atoms. The Hall–Kier alpha value is -2.49. The van der Waals surface area contributed by atoms with Gasteiger partial charge in [0.2, 0.25) is 12.7 Å². The van der Waals surface area contributed by atoms with E-state index in [9.17, 15) is 4.79 Å². The molecule has 21 heavy (non-hydrogen) atoms. The summed E-state index contributed by atoms with van der Waals surface area (Å²) in [5.74, 6) is 1.31. The molecular formula is C17H17NO3. The summed E-state index contributed by atoms with van der Waals surface area (Å²) in [7, 11) is 0. The number of aryl methyl sites for hydroxylation is 2. The second kappa shape index (κ2) is 5.48. The summed E-state index contributed by atoms with van der Waals surface area (Å²) in [6.07, 6.45) is 0.263. The van der Waals surface area contributed by atoms with Crippen LogP contribution in [0.4, 0.5) is 5.69 Å². The van der Waals surface area contributed by atoms with Gasteiger partial charge in [-0.05, 0) is 43.2 Å². The average Bonchev–Trinajstić information content (AvgIpc) is 2.86. The molecule has 2 aromatic carbocycles. The SMILES string of the molecule is Cc1cc(C)cc(NC(=O)Cc2cccc3c2OCO3)c1. The van der Waals surface area contributed by atoms with Crippen LogP contribution in [0.25, 0.3) is 0 Å². The van der Waals surface area contributed by atoms with Crippen molar-refractivity contribution in [2.75, 3.05) is 12.1 Å². The Labute approximate surface area is 123 Å². The topological polar surface area (TPSA) is 47.6 Å². The fourth-order valence-electron chi connectivity index (χ4n) is 2.55. The summed E-state index contributed by atoms with van der Waals surface area (Å²) in [5.41, 5.74) is 3.92. The molecule has 0 atom stereocenters. The molecule has 0 radical (unpaired) electrons. The molecule has 0 unspecified atom stereocenters. The fraction of sp³-hybridized carbons (Fsp3) is 0.235. The lowest BCUT2D eigenvalue weighted by Crippen LogP contribution is -2.15. The second-order valence-corrected chi connectivity index (χ2v) is 5.25. The molecule has 0 aromatic heterocycles. The molecule has 0 fully saturated rings. The molecule has 1 aliphatic heterocycles. The van der Waals surface area contributed by atoms with Crippen molar-refractivity contribution in [3.8, 4) is 11.5 Å². The summed E-state index contributed by atoms with van der Waals surface area (Å²) in [5, 5.41) is 2.93. The first-order valence-electron chi connectivity index (χ1n) is 6.87. The van der Waals surface area contributed by atoms with E-state index in [1.807, 2.05) is 44.2 Å². The van der Waals surface area contributed by atoms with Crippen molar-refractivity contribution >= 4 is 11.6 Å². The maximum absolute atomic E-state index is 12.2. The highest BCUT2D eigenvalue weighted by Crippen LogP contribution is 2.35. The lowest BCUT2D eigenvalue weighted by atomic mass is 10.1. The van der Waals surface area contributed by atoms with Gasteiger partial charge in [-0.3, -0.25) is 4.79 Å². The van der Waals surface area contributed by atoms with E-state index in [0.717, 1.165) is 22.4 Å². The summed E-state index contributed by atoms with van der Waals surface area (Å²) in [4.78, 5) is 12.2. The summed E-state index contributed by atoms with van der Waals surface area (Å²) >= 11 is 0. The normalized spacial score (nSPS) is 12.3. The van der Waals surface area contributed by atoms with Crippen LogP contribution in [0.5, 0.6) is 11.5 Å². The van der Waals surface area contributed by atoms with Crippen molar-refractivity contribution < 1.29 is 14.3 Å². The van der Waals surface area contributed by atoms with Gasteiger partial charge in [-0.1, -0.05) is 18.2 Å². The van der Waals surface area contributed by atoms with Crippen LogP contribution in [0, 0.1) is 13.8 Å². The van der Waals surface area contributed by atoms with Gasteiger partial charge >= 0.3 is 0 Å². The van der Waals surface area contributed by atoms with Crippen LogP contribution in [-0.2, 0) is 11.2 Å². The quantitative estimate of drug-likeness (QED) is 0.941. The smallest absolute Gasteiger partial charge is 0.231 e. The number of nitrogens with one attached hydrogen (secondary N) is 1. The predicted octanol–water partition coefficient (Wildman–Crippen LogP) is 3.21. The van der Waals surface area contributed by atoms with Crippen LogP contribution < -0.4 is 14.8 Å². The molecule has 108 valence electrons. The van der Waals surface area contributed by atoms with Crippen LogP contribution in [0.1, 0.15) is 16.7 Å². The van der Waals surface area contributed by atoms with Gasteiger partial charge in [-0.15, -0.1) is 0 Å². The number of fused-ring (bicyclic) bond motifs is 1. The van der Waals surface area contributed by atoms with E-state index in [4.69, 9.17) is 9.47 Å². The summed E-state index contributed by atoms with van der Waals surface area (Å²) in [6.45, 7) is 4.24. The first-order chi connectivity index (χ1) is 10.1. The summed E-state index contributed by atoms with van der Waals surface area (Å²) in [6, 6.07) is 11.6. The highest BCUT2D eigenvalue weighted by atomic mass is 16.7. The molecule has 1 heterocycles. The number of para-hydroxylation sites is 1. The van der Waals surface area contributed by atoms with Gasteiger partial charge in [-0.2, -0.15) is 0 Å². The molecule has 1 N–H and O–H groups in total. The third-order valence-electron chi connectivity index (χ3n) is 3.33. The Morgan fingerprint density at radius 3 is 2.67 bits per heavy atom. The minimum atomic E-state index is -0.0658. The molecular weight excluding hydrogens is 266 g/mol. The number of carbonyl (C=O) groups excluding carboxylic acids is 1. The Kier molecular flexibility index (Phi) is 3.52. The number of ether oxygens (including phenoxy) is 2. The third-order valence-corrected chi connectivity index (χ3v) is 3.33. The highest BCUT2D eigenvalue weighted by Gasteiger charge is 2.18. The van der Waals surface area contributed by atoms with Gasteiger partial charge in [0.1, 0.15) is 0 Å². The van der Waals surface area contributed by atoms with Crippen molar-refractivity contribution in [2.24, 2.45) is 0 Å². The van der Waals surface area contributed by atoms with Crippen molar-refractivity contribution in [3.63, 3.8) is 0 Å². The van der Waals surface area contributed by atoms with Crippen LogP contribution in [0.3, 0.4) is 0 Å². The zero-order valence-corrected chi connectivity index (χ0v) is 12.1. The molecule has 3 rings (SSSR count). The molecule has 0 saturated carbocycles. The molecule has 2 aromatic rings. The molecule has 0 aliphatic carbocycles. The van der Waals surface area contributed by atoms with Crippen LogP contribution >= 0.6 is 0 Å². The van der Waals surface area contributed by atoms with Crippen LogP contribution in [0.15, 0.2) is 36.4 Å². The monoisotopic (exact) mass is 283 g/mol. The van der Waals surface area contributed by atoms with Crippen molar-refractivity contribution in [1.29, 1.82) is 0 Å². The fourth-order valence-corrected chi connectivity index (χ4v) is 2.55. The molecule has 0 saturated heterocycles. The Balaban J connectivity index is 1.74. The van der Waals surface area contributed by atoms with Crippen molar-refractivity contribution in [2.45, 2.75) is 20.3 Å². The molecule has 4 heteroatoms. The van der Waals surface area contributed by atoms with E-state index in [1.54, 1.807) is 0 Å². The number of hydrogen-bond donors (Lipinski definition) is 1. The number of anilines is 1. The zero-order valence-electron chi connectivity index (χ0n) is 12.1. The lowest BCUT2D eigenvalue weighted by Gasteiger charge is -2.09. The number of hydrogen-bond acceptors (Lipinski definition) is 3. The van der Waals surface area contributed by atoms with E-state index in [1.165, 1.54) is 0 Å². The molecule has 1 aliphatic rings. The zero-order chi connectivity index (χ0) is 14.8. The number of rotatable bonds is 3. The highest BCUT2D eigenvalue weighted by molar-refractivity contribution is 5.93. The third kappa shape index (κ3) is 2.99. The van der Waals surface area contributed by atoms with E-state index >= 15 is 0 Å². The van der Waals surface area contributed by atoms with Gasteiger partial charge in [-0.25, -0.2) is 0 Å². The standard InChI is InChI=1S/C17H17NO3/c1-11-6-12(2)8-14(7-11)18-16(19)9-13-4-3-5-15-17(13)21-10-20-15/h3-8H,9-10H2,1-2H3,(H,18,19). The van der Waals surface area contributed by atoms with Gasteiger partial charge in [0.15, 0.2) is 11.5 Å².